The van der Waals surface area contributed by atoms with Gasteiger partial charge >= 0.3 is 6.09 Å². The third kappa shape index (κ3) is 4.68. The fraction of sp³-hybridized carbons (Fsp3) is 0.944. The van der Waals surface area contributed by atoms with Gasteiger partial charge in [-0.3, -0.25) is 0 Å². The summed E-state index contributed by atoms with van der Waals surface area (Å²) in [4.78, 5) is 13.9. The van der Waals surface area contributed by atoms with Gasteiger partial charge < -0.3 is 9.64 Å². The van der Waals surface area contributed by atoms with Crippen LogP contribution in [-0.4, -0.2) is 55.1 Å². The Morgan fingerprint density at radius 2 is 1.69 bits per heavy atom. The van der Waals surface area contributed by atoms with Crippen LogP contribution in [0.25, 0.3) is 0 Å². The van der Waals surface area contributed by atoms with Gasteiger partial charge in [-0.25, -0.2) is 22.3 Å². The van der Waals surface area contributed by atoms with E-state index in [4.69, 9.17) is 4.74 Å². The Morgan fingerprint density at radius 3 is 2.15 bits per heavy atom. The second kappa shape index (κ2) is 6.93. The molecule has 1 saturated heterocycles. The van der Waals surface area contributed by atoms with Crippen LogP contribution in [0.5, 0.6) is 0 Å². The first-order chi connectivity index (χ1) is 11.7. The SMILES string of the molecule is CC(C)(C)OC(=O)N1CCC2(CC1)C[C@@H](F)C[C@H]2NS(=O)(=O)C(C)(C)C. The molecule has 8 heteroatoms. The molecule has 1 spiro atoms. The van der Waals surface area contributed by atoms with Gasteiger partial charge in [-0.05, 0) is 72.6 Å². The highest BCUT2D eigenvalue weighted by Crippen LogP contribution is 2.48. The number of halogens is 1. The van der Waals surface area contributed by atoms with Gasteiger partial charge in [0.15, 0.2) is 0 Å². The van der Waals surface area contributed by atoms with Crippen molar-refractivity contribution in [2.75, 3.05) is 13.1 Å². The molecular weight excluding hydrogens is 359 g/mol. The Bertz CT molecular complexity index is 629. The lowest BCUT2D eigenvalue weighted by atomic mass is 9.74. The average Bonchev–Trinajstić information content (AvgIpc) is 2.71. The minimum absolute atomic E-state index is 0.196. The van der Waals surface area contributed by atoms with Gasteiger partial charge in [0.1, 0.15) is 11.8 Å². The second-order valence-corrected chi connectivity index (χ2v) is 12.1. The van der Waals surface area contributed by atoms with Crippen molar-refractivity contribution >= 4 is 16.1 Å². The first kappa shape index (κ1) is 21.4. The number of piperidine rings is 1. The van der Waals surface area contributed by atoms with Crippen molar-refractivity contribution in [1.29, 1.82) is 0 Å². The van der Waals surface area contributed by atoms with Crippen LogP contribution in [-0.2, 0) is 14.8 Å². The lowest BCUT2D eigenvalue weighted by Crippen LogP contribution is -2.54. The molecule has 1 saturated carbocycles. The molecule has 0 unspecified atom stereocenters. The van der Waals surface area contributed by atoms with Crippen LogP contribution < -0.4 is 4.72 Å². The summed E-state index contributed by atoms with van der Waals surface area (Å²) in [6.45, 7) is 11.3. The van der Waals surface area contributed by atoms with Crippen LogP contribution in [0, 0.1) is 5.41 Å². The van der Waals surface area contributed by atoms with Crippen molar-refractivity contribution < 1.29 is 22.3 Å². The Labute approximate surface area is 156 Å². The summed E-state index contributed by atoms with van der Waals surface area (Å²) in [6, 6.07) is -0.428. The molecule has 1 aliphatic heterocycles. The Hall–Kier alpha value is -0.890. The molecule has 1 N–H and O–H groups in total. The molecule has 0 radical (unpaired) electrons. The third-order valence-corrected chi connectivity index (χ3v) is 7.58. The van der Waals surface area contributed by atoms with Crippen molar-refractivity contribution in [3.63, 3.8) is 0 Å². The van der Waals surface area contributed by atoms with Crippen LogP contribution in [0.3, 0.4) is 0 Å². The van der Waals surface area contributed by atoms with E-state index in [1.54, 1.807) is 25.7 Å². The number of carbonyl (C=O) groups excluding carboxylic acids is 1. The van der Waals surface area contributed by atoms with Gasteiger partial charge in [0.05, 0.1) is 4.75 Å². The lowest BCUT2D eigenvalue weighted by molar-refractivity contribution is 0.00760. The van der Waals surface area contributed by atoms with E-state index in [2.05, 4.69) is 4.72 Å². The molecule has 1 heterocycles. The highest BCUT2D eigenvalue weighted by molar-refractivity contribution is 7.90. The summed E-state index contributed by atoms with van der Waals surface area (Å²) in [5, 5.41) is 0. The number of likely N-dealkylation sites (tertiary alicyclic amines) is 1. The predicted octanol–water partition coefficient (Wildman–Crippen LogP) is 3.22. The van der Waals surface area contributed by atoms with Crippen LogP contribution in [0.4, 0.5) is 9.18 Å². The number of alkyl halides is 1. The maximum Gasteiger partial charge on any atom is 0.410 e. The number of sulfonamides is 1. The van der Waals surface area contributed by atoms with Gasteiger partial charge in [-0.1, -0.05) is 0 Å². The van der Waals surface area contributed by atoms with Crippen molar-refractivity contribution in [3.8, 4) is 0 Å². The fourth-order valence-electron chi connectivity index (χ4n) is 3.72. The van der Waals surface area contributed by atoms with E-state index in [0.717, 1.165) is 0 Å². The zero-order valence-corrected chi connectivity index (χ0v) is 17.6. The number of hydrogen-bond donors (Lipinski definition) is 1. The van der Waals surface area contributed by atoms with E-state index >= 15 is 0 Å². The summed E-state index contributed by atoms with van der Waals surface area (Å²) in [7, 11) is -3.56. The van der Waals surface area contributed by atoms with E-state index in [1.807, 2.05) is 20.8 Å². The quantitative estimate of drug-likeness (QED) is 0.783. The molecule has 2 aliphatic rings. The molecule has 2 atom stereocenters. The van der Waals surface area contributed by atoms with Crippen molar-refractivity contribution in [2.45, 2.75) is 89.8 Å². The molecule has 2 rings (SSSR count). The molecule has 26 heavy (non-hydrogen) atoms. The third-order valence-electron chi connectivity index (χ3n) is 5.37. The van der Waals surface area contributed by atoms with E-state index in [0.29, 0.717) is 32.4 Å². The monoisotopic (exact) mass is 392 g/mol. The Kier molecular flexibility index (Phi) is 5.71. The number of nitrogens with zero attached hydrogens (tertiary/aromatic N) is 1. The Balaban J connectivity index is 2.08. The standard InChI is InChI=1S/C18H33FN2O4S/c1-16(2,3)25-15(22)21-9-7-18(8-10-21)12-13(19)11-14(18)20-26(23,24)17(4,5)6/h13-14,20H,7-12H2,1-6H3/t13-,14+/m0/s1. The van der Waals surface area contributed by atoms with Crippen molar-refractivity contribution in [1.82, 2.24) is 9.62 Å². The number of carbonyl (C=O) groups is 1. The number of hydrogen-bond acceptors (Lipinski definition) is 4. The van der Waals surface area contributed by atoms with Crippen LogP contribution in [0.15, 0.2) is 0 Å². The molecule has 0 bridgehead atoms. The number of nitrogens with one attached hydrogen (secondary N) is 1. The molecule has 6 nitrogen and oxygen atoms in total. The van der Waals surface area contributed by atoms with E-state index < -0.39 is 38.0 Å². The van der Waals surface area contributed by atoms with Gasteiger partial charge in [-0.15, -0.1) is 0 Å². The van der Waals surface area contributed by atoms with Gasteiger partial charge in [0, 0.05) is 19.1 Å². The largest absolute Gasteiger partial charge is 0.444 e. The summed E-state index contributed by atoms with van der Waals surface area (Å²) in [5.41, 5.74) is -0.995. The highest BCUT2D eigenvalue weighted by Gasteiger charge is 2.51. The van der Waals surface area contributed by atoms with E-state index in [9.17, 15) is 17.6 Å². The lowest BCUT2D eigenvalue weighted by Gasteiger charge is -2.43. The van der Waals surface area contributed by atoms with Crippen LogP contribution >= 0.6 is 0 Å². The highest BCUT2D eigenvalue weighted by atomic mass is 32.2. The molecular formula is C18H33FN2O4S. The first-order valence-corrected chi connectivity index (χ1v) is 10.8. The topological polar surface area (TPSA) is 75.7 Å². The minimum atomic E-state index is -3.56. The molecule has 0 aromatic heterocycles. The van der Waals surface area contributed by atoms with Crippen LogP contribution in [0.2, 0.25) is 0 Å². The molecule has 2 fully saturated rings. The molecule has 0 aromatic rings. The maximum atomic E-state index is 14.2. The molecule has 1 aliphatic carbocycles. The summed E-state index contributed by atoms with van der Waals surface area (Å²) in [5.74, 6) is 0. The average molecular weight is 393 g/mol. The van der Waals surface area contributed by atoms with Gasteiger partial charge in [0.2, 0.25) is 10.0 Å². The summed E-state index contributed by atoms with van der Waals surface area (Å²) >= 11 is 0. The summed E-state index contributed by atoms with van der Waals surface area (Å²) in [6.07, 6.45) is 0.298. The molecule has 1 amide bonds. The normalized spacial score (nSPS) is 27.0. The van der Waals surface area contributed by atoms with Crippen molar-refractivity contribution in [3.05, 3.63) is 0 Å². The number of ether oxygens (including phenoxy) is 1. The zero-order chi connectivity index (χ0) is 20.0. The molecule has 152 valence electrons. The zero-order valence-electron chi connectivity index (χ0n) is 16.8. The van der Waals surface area contributed by atoms with Gasteiger partial charge in [0.25, 0.3) is 0 Å². The minimum Gasteiger partial charge on any atom is -0.444 e. The van der Waals surface area contributed by atoms with E-state index in [1.165, 1.54) is 0 Å². The fourth-order valence-corrected chi connectivity index (χ4v) is 4.80. The summed E-state index contributed by atoms with van der Waals surface area (Å²) < 4.78 is 46.5. The van der Waals surface area contributed by atoms with Crippen LogP contribution in [0.1, 0.15) is 67.2 Å². The van der Waals surface area contributed by atoms with Crippen molar-refractivity contribution in [2.24, 2.45) is 5.41 Å². The Morgan fingerprint density at radius 1 is 1.15 bits per heavy atom. The smallest absolute Gasteiger partial charge is 0.410 e. The van der Waals surface area contributed by atoms with Gasteiger partial charge in [-0.2, -0.15) is 0 Å². The predicted molar refractivity (Wildman–Crippen MR) is 99.2 cm³/mol. The second-order valence-electron chi connectivity index (χ2n) is 9.65. The molecule has 0 aromatic carbocycles. The number of rotatable bonds is 2. The maximum absolute atomic E-state index is 14.2. The van der Waals surface area contributed by atoms with E-state index in [-0.39, 0.29) is 12.5 Å². The number of amides is 1. The first-order valence-electron chi connectivity index (χ1n) is 9.29.